The largest absolute Gasteiger partial charge is 0.411 e. The zero-order valence-corrected chi connectivity index (χ0v) is 38.2. The molecule has 360 valence electrons. The molecular formula is C49H60ClF4N3O9. The van der Waals surface area contributed by atoms with Gasteiger partial charge in [-0.25, -0.2) is 17.6 Å². The fourth-order valence-electron chi connectivity index (χ4n) is 7.50. The van der Waals surface area contributed by atoms with Gasteiger partial charge in [0.05, 0.1) is 92.4 Å². The lowest BCUT2D eigenvalue weighted by Crippen LogP contribution is -2.47. The van der Waals surface area contributed by atoms with E-state index in [4.69, 9.17) is 34.6 Å². The molecule has 8 atom stereocenters. The quantitative estimate of drug-likeness (QED) is 0.0253. The molecule has 3 aliphatic heterocycles. The van der Waals surface area contributed by atoms with E-state index in [2.05, 4.69) is 40.5 Å². The number of benzene rings is 4. The van der Waals surface area contributed by atoms with Crippen LogP contribution in [0.25, 0.3) is 0 Å². The third-order valence-corrected chi connectivity index (χ3v) is 11.4. The second-order valence-electron chi connectivity index (χ2n) is 15.6. The Hall–Kier alpha value is -4.85. The van der Waals surface area contributed by atoms with Crippen molar-refractivity contribution in [3.63, 3.8) is 0 Å². The van der Waals surface area contributed by atoms with Crippen LogP contribution in [0.3, 0.4) is 0 Å². The molecule has 2 unspecified atom stereocenters. The molecule has 4 aromatic rings. The van der Waals surface area contributed by atoms with Gasteiger partial charge in [0.2, 0.25) is 0 Å². The van der Waals surface area contributed by atoms with E-state index in [0.717, 1.165) is 5.56 Å². The molecule has 0 amide bonds. The fourth-order valence-corrected chi connectivity index (χ4v) is 7.50. The first-order valence-electron chi connectivity index (χ1n) is 21.0. The van der Waals surface area contributed by atoms with Gasteiger partial charge in [-0.1, -0.05) is 78.0 Å². The van der Waals surface area contributed by atoms with Gasteiger partial charge >= 0.3 is 0 Å². The van der Waals surface area contributed by atoms with Gasteiger partial charge in [-0.2, -0.15) is 10.3 Å². The molecule has 3 aliphatic rings. The highest BCUT2D eigenvalue weighted by atomic mass is 35.5. The second-order valence-corrected chi connectivity index (χ2v) is 15.8. The number of fused-ring (bicyclic) bond motifs is 1. The first-order valence-corrected chi connectivity index (χ1v) is 21.3. The molecule has 0 radical (unpaired) electrons. The first-order chi connectivity index (χ1) is 31.6. The number of hydrogen-bond acceptors (Lipinski definition) is 12. The third kappa shape index (κ3) is 14.8. The Bertz CT molecular complexity index is 2170. The zero-order valence-electron chi connectivity index (χ0n) is 37.5. The van der Waals surface area contributed by atoms with Crippen LogP contribution in [0, 0.1) is 35.1 Å². The zero-order chi connectivity index (χ0) is 48.9. The van der Waals surface area contributed by atoms with Gasteiger partial charge in [0.1, 0.15) is 35.6 Å². The monoisotopic (exact) mass is 945 g/mol. The minimum Gasteiger partial charge on any atom is -0.411 e. The number of ether oxygens (including phenoxy) is 5. The number of carbonyl (C=O) groups is 1. The lowest BCUT2D eigenvalue weighted by atomic mass is 9.73. The summed E-state index contributed by atoms with van der Waals surface area (Å²) in [5, 5.41) is 21.2. The number of hydrogen-bond donors (Lipinski definition) is 4. The molecule has 17 heteroatoms. The van der Waals surface area contributed by atoms with E-state index in [9.17, 15) is 27.5 Å². The van der Waals surface area contributed by atoms with Crippen LogP contribution < -0.4 is 11.6 Å². The third-order valence-electron chi connectivity index (χ3n) is 11.4. The summed E-state index contributed by atoms with van der Waals surface area (Å²) in [4.78, 5) is 11.5. The minimum absolute atomic E-state index is 0.0324. The predicted octanol–water partition coefficient (Wildman–Crippen LogP) is 8.36. The van der Waals surface area contributed by atoms with Gasteiger partial charge in [0.25, 0.3) is 0 Å². The number of carbonyl (C=O) groups excluding carboxylic acids is 1. The van der Waals surface area contributed by atoms with Crippen molar-refractivity contribution in [3.8, 4) is 0 Å². The molecule has 12 nitrogen and oxygen atoms in total. The van der Waals surface area contributed by atoms with E-state index in [1.165, 1.54) is 36.4 Å². The lowest BCUT2D eigenvalue weighted by molar-refractivity contribution is 0.0577. The SMILES string of the molecule is C=CC(C)OC/C(=N\O)c1ccccc1F.C=CC(C)OCC(=O)c1ccccc1F.C[C@H]1OC[C@@](N)(c2ccccc2F)[C@@H]1CO.C[C@H]1OC[C@]2(c3ccccc3F)COC[C@H]12.NOCl. The summed E-state index contributed by atoms with van der Waals surface area (Å²) in [6, 6.07) is 25.3. The molecule has 66 heavy (non-hydrogen) atoms. The van der Waals surface area contributed by atoms with Gasteiger partial charge < -0.3 is 39.7 Å². The molecule has 0 spiro atoms. The predicted molar refractivity (Wildman–Crippen MR) is 244 cm³/mol. The Morgan fingerprint density at radius 3 is 1.76 bits per heavy atom. The molecule has 3 saturated heterocycles. The normalized spacial score (nSPS) is 23.7. The van der Waals surface area contributed by atoms with Crippen molar-refractivity contribution in [1.29, 1.82) is 0 Å². The van der Waals surface area contributed by atoms with Crippen molar-refractivity contribution in [3.05, 3.63) is 168 Å². The molecule has 7 rings (SSSR count). The summed E-state index contributed by atoms with van der Waals surface area (Å²) < 4.78 is 84.4. The fraction of sp³-hybridized carbons (Fsp3) is 0.388. The van der Waals surface area contributed by atoms with Crippen LogP contribution in [0.2, 0.25) is 0 Å². The Morgan fingerprint density at radius 1 is 0.788 bits per heavy atom. The summed E-state index contributed by atoms with van der Waals surface area (Å²) in [6.45, 7) is 16.4. The average molecular weight is 946 g/mol. The Labute approximate surface area is 388 Å². The van der Waals surface area contributed by atoms with Crippen LogP contribution in [0.4, 0.5) is 17.6 Å². The molecule has 0 bridgehead atoms. The maximum atomic E-state index is 13.9. The van der Waals surface area contributed by atoms with Crippen molar-refractivity contribution >= 4 is 23.4 Å². The maximum Gasteiger partial charge on any atom is 0.191 e. The number of oxime groups is 1. The number of aliphatic hydroxyl groups excluding tert-OH is 1. The molecule has 0 saturated carbocycles. The van der Waals surface area contributed by atoms with Gasteiger partial charge in [-0.15, -0.1) is 13.2 Å². The van der Waals surface area contributed by atoms with Crippen LogP contribution in [0.1, 0.15) is 54.7 Å². The van der Waals surface area contributed by atoms with Gasteiger partial charge in [0.15, 0.2) is 5.78 Å². The number of halogens is 5. The van der Waals surface area contributed by atoms with Crippen LogP contribution in [-0.2, 0) is 39.0 Å². The highest BCUT2D eigenvalue weighted by Gasteiger charge is 2.54. The summed E-state index contributed by atoms with van der Waals surface area (Å²) >= 11 is 4.28. The molecule has 0 aliphatic carbocycles. The topological polar surface area (TPSA) is 177 Å². The Kier molecular flexibility index (Phi) is 23.3. The Balaban J connectivity index is 0.000000229. The second kappa shape index (κ2) is 27.7. The molecule has 6 N–H and O–H groups in total. The molecule has 0 aromatic heterocycles. The van der Waals surface area contributed by atoms with Crippen molar-refractivity contribution in [1.82, 2.24) is 0 Å². The summed E-state index contributed by atoms with van der Waals surface area (Å²) in [7, 11) is 0. The minimum atomic E-state index is -0.931. The smallest absolute Gasteiger partial charge is 0.191 e. The van der Waals surface area contributed by atoms with Crippen molar-refractivity contribution in [2.75, 3.05) is 46.2 Å². The van der Waals surface area contributed by atoms with E-state index in [0.29, 0.717) is 25.4 Å². The molecular weight excluding hydrogens is 886 g/mol. The standard InChI is InChI=1S/C13H15FO2.C12H16FNO2.C12H14FNO2.C12H13FO2.ClH2NO/c1-9-11-6-15-7-13(11,8-16-9)10-4-2-3-5-12(10)14;1-8-10(6-15)12(14,7-16-8)9-4-2-3-5-11(9)13;1-3-9(2)16-8-12(14-15)10-6-4-5-7-11(10)13;1-3-9(2)15-8-12(14)10-6-4-5-7-11(10)13;1-3-2/h2-5,9,11H,6-8H2,1H3;2-5,8,10,15H,6-7,14H2,1H3;3-7,9,15H,1,8H2,2H3;3-7,9H,1,8H2,2H3;2H2/b;;14-12+;;/t9-,11-,13+;8-,10-,12-;;;/m11.../s1. The molecule has 4 aromatic carbocycles. The van der Waals surface area contributed by atoms with E-state index in [1.54, 1.807) is 74.5 Å². The molecule has 3 fully saturated rings. The van der Waals surface area contributed by atoms with Gasteiger partial charge in [-0.3, -0.25) is 4.79 Å². The van der Waals surface area contributed by atoms with Crippen LogP contribution in [-0.4, -0.2) is 92.5 Å². The lowest BCUT2D eigenvalue weighted by Gasteiger charge is -2.30. The number of Topliss-reactive ketones (excluding diaryl/α,β-unsaturated/α-hetero) is 1. The van der Waals surface area contributed by atoms with Crippen molar-refractivity contribution in [2.24, 2.45) is 28.6 Å². The van der Waals surface area contributed by atoms with Gasteiger partial charge in [-0.05, 0) is 69.7 Å². The van der Waals surface area contributed by atoms with E-state index >= 15 is 0 Å². The summed E-state index contributed by atoms with van der Waals surface area (Å²) in [5.41, 5.74) is 6.64. The summed E-state index contributed by atoms with van der Waals surface area (Å²) in [6.07, 6.45) is 2.80. The highest BCUT2D eigenvalue weighted by Crippen LogP contribution is 2.46. The van der Waals surface area contributed by atoms with Gasteiger partial charge in [0, 0.05) is 23.0 Å². The Morgan fingerprint density at radius 2 is 1.26 bits per heavy atom. The first kappa shape index (κ1) is 55.5. The van der Waals surface area contributed by atoms with Crippen LogP contribution in [0.15, 0.2) is 128 Å². The number of nitrogens with two attached hydrogens (primary N) is 2. The number of rotatable bonds is 13. The maximum absolute atomic E-state index is 13.9. The van der Waals surface area contributed by atoms with E-state index in [-0.39, 0.29) is 102 Å². The average Bonchev–Trinajstić information content (AvgIpc) is 3.99. The van der Waals surface area contributed by atoms with Crippen LogP contribution in [0.5, 0.6) is 0 Å². The summed E-state index contributed by atoms with van der Waals surface area (Å²) in [5.74, 6) is 2.32. The van der Waals surface area contributed by atoms with Crippen molar-refractivity contribution < 1.29 is 60.7 Å². The number of aliphatic hydroxyl groups is 1. The van der Waals surface area contributed by atoms with Crippen molar-refractivity contribution in [2.45, 2.75) is 63.1 Å². The van der Waals surface area contributed by atoms with E-state index in [1.807, 2.05) is 26.0 Å². The van der Waals surface area contributed by atoms with E-state index < -0.39 is 17.2 Å². The number of nitrogens with zero attached hydrogens (tertiary/aromatic N) is 1. The highest BCUT2D eigenvalue weighted by molar-refractivity contribution is 6.07. The number of ketones is 1. The van der Waals surface area contributed by atoms with Crippen LogP contribution >= 0.6 is 11.9 Å². The molecule has 3 heterocycles.